The van der Waals surface area contributed by atoms with Gasteiger partial charge in [0.15, 0.2) is 0 Å². The van der Waals surface area contributed by atoms with Crippen molar-refractivity contribution in [2.75, 3.05) is 5.32 Å². The van der Waals surface area contributed by atoms with Crippen molar-refractivity contribution in [2.45, 2.75) is 27.7 Å². The van der Waals surface area contributed by atoms with Gasteiger partial charge in [-0.25, -0.2) is 4.39 Å². The van der Waals surface area contributed by atoms with Crippen molar-refractivity contribution in [2.24, 2.45) is 5.41 Å². The molecule has 26 heavy (non-hydrogen) atoms. The van der Waals surface area contributed by atoms with Crippen LogP contribution in [0, 0.1) is 18.2 Å². The second-order valence-corrected chi connectivity index (χ2v) is 7.77. The van der Waals surface area contributed by atoms with Crippen molar-refractivity contribution in [1.82, 2.24) is 10.9 Å². The minimum absolute atomic E-state index is 0.168. The van der Waals surface area contributed by atoms with Crippen LogP contribution in [0.2, 0.25) is 0 Å². The van der Waals surface area contributed by atoms with Crippen molar-refractivity contribution in [3.05, 3.63) is 52.2 Å². The fraction of sp³-hybridized carbons (Fsp3) is 0.278. The van der Waals surface area contributed by atoms with E-state index in [9.17, 15) is 18.8 Å². The summed E-state index contributed by atoms with van der Waals surface area (Å²) in [5, 5.41) is 3.29. The number of hydrogen-bond acceptors (Lipinski definition) is 4. The van der Waals surface area contributed by atoms with Crippen LogP contribution in [0.4, 0.5) is 9.39 Å². The highest BCUT2D eigenvalue weighted by Crippen LogP contribution is 2.28. The van der Waals surface area contributed by atoms with E-state index in [0.29, 0.717) is 15.4 Å². The molecule has 2 rings (SSSR count). The second-order valence-electron chi connectivity index (χ2n) is 6.72. The first-order valence-electron chi connectivity index (χ1n) is 7.86. The molecule has 6 nitrogen and oxygen atoms in total. The fourth-order valence-electron chi connectivity index (χ4n) is 1.95. The van der Waals surface area contributed by atoms with Crippen LogP contribution in [-0.4, -0.2) is 17.7 Å². The number of thiophene rings is 1. The molecule has 0 fully saturated rings. The highest BCUT2D eigenvalue weighted by molar-refractivity contribution is 7.18. The Morgan fingerprint density at radius 2 is 1.65 bits per heavy atom. The van der Waals surface area contributed by atoms with Gasteiger partial charge in [-0.2, -0.15) is 0 Å². The largest absolute Gasteiger partial charge is 0.317 e. The summed E-state index contributed by atoms with van der Waals surface area (Å²) in [5.41, 5.74) is 4.35. The standard InChI is InChI=1S/C18H20FN3O3S/c1-10-9-13(20-17(25)18(2,3)4)26-14(10)16(24)22-21-15(23)11-7-5-6-8-12(11)19/h5-9H,1-4H3,(H,20,25)(H,21,23)(H,22,24). The Bertz CT molecular complexity index is 856. The molecule has 0 saturated carbocycles. The first-order valence-corrected chi connectivity index (χ1v) is 8.68. The Morgan fingerprint density at radius 3 is 2.27 bits per heavy atom. The van der Waals surface area contributed by atoms with Gasteiger partial charge in [-0.05, 0) is 30.7 Å². The molecule has 8 heteroatoms. The number of anilines is 1. The lowest BCUT2D eigenvalue weighted by atomic mass is 9.96. The van der Waals surface area contributed by atoms with E-state index in [0.717, 1.165) is 17.4 Å². The van der Waals surface area contributed by atoms with E-state index in [1.54, 1.807) is 33.8 Å². The summed E-state index contributed by atoms with van der Waals surface area (Å²) in [7, 11) is 0. The molecular formula is C18H20FN3O3S. The summed E-state index contributed by atoms with van der Waals surface area (Å²) < 4.78 is 13.6. The lowest BCUT2D eigenvalue weighted by Crippen LogP contribution is -2.41. The van der Waals surface area contributed by atoms with Gasteiger partial charge in [-0.1, -0.05) is 32.9 Å². The smallest absolute Gasteiger partial charge is 0.280 e. The molecular weight excluding hydrogens is 357 g/mol. The SMILES string of the molecule is Cc1cc(NC(=O)C(C)(C)C)sc1C(=O)NNC(=O)c1ccccc1F. The monoisotopic (exact) mass is 377 g/mol. The van der Waals surface area contributed by atoms with Gasteiger partial charge in [0.05, 0.1) is 15.4 Å². The summed E-state index contributed by atoms with van der Waals surface area (Å²) >= 11 is 1.09. The van der Waals surface area contributed by atoms with Crippen molar-refractivity contribution in [3.63, 3.8) is 0 Å². The van der Waals surface area contributed by atoms with Gasteiger partial charge in [0.2, 0.25) is 5.91 Å². The van der Waals surface area contributed by atoms with Crippen LogP contribution < -0.4 is 16.2 Å². The quantitative estimate of drug-likeness (QED) is 0.718. The first kappa shape index (κ1) is 19.6. The molecule has 0 aliphatic heterocycles. The Labute approximate surface area is 154 Å². The minimum Gasteiger partial charge on any atom is -0.317 e. The number of hydrogen-bond donors (Lipinski definition) is 3. The lowest BCUT2D eigenvalue weighted by Gasteiger charge is -2.16. The maximum Gasteiger partial charge on any atom is 0.280 e. The fourth-order valence-corrected chi connectivity index (χ4v) is 2.91. The summed E-state index contributed by atoms with van der Waals surface area (Å²) in [6, 6.07) is 7.14. The van der Waals surface area contributed by atoms with Crippen LogP contribution in [0.15, 0.2) is 30.3 Å². The second kappa shape index (κ2) is 7.65. The molecule has 3 amide bonds. The molecule has 0 aliphatic rings. The van der Waals surface area contributed by atoms with Gasteiger partial charge in [0.1, 0.15) is 5.82 Å². The van der Waals surface area contributed by atoms with E-state index in [4.69, 9.17) is 0 Å². The van der Waals surface area contributed by atoms with E-state index in [1.165, 1.54) is 18.2 Å². The van der Waals surface area contributed by atoms with E-state index >= 15 is 0 Å². The molecule has 0 unspecified atom stereocenters. The molecule has 0 radical (unpaired) electrons. The predicted octanol–water partition coefficient (Wildman–Crippen LogP) is 3.26. The number of hydrazine groups is 1. The predicted molar refractivity (Wildman–Crippen MR) is 98.5 cm³/mol. The number of carbonyl (C=O) groups excluding carboxylic acids is 3. The topological polar surface area (TPSA) is 87.3 Å². The van der Waals surface area contributed by atoms with Gasteiger partial charge in [-0.15, -0.1) is 11.3 Å². The van der Waals surface area contributed by atoms with Crippen molar-refractivity contribution >= 4 is 34.1 Å². The van der Waals surface area contributed by atoms with E-state index in [1.807, 2.05) is 0 Å². The maximum atomic E-state index is 13.6. The average molecular weight is 377 g/mol. The minimum atomic E-state index is -0.757. The molecule has 1 heterocycles. The molecule has 3 N–H and O–H groups in total. The number of rotatable bonds is 3. The molecule has 0 atom stereocenters. The first-order chi connectivity index (χ1) is 12.1. The van der Waals surface area contributed by atoms with Crippen molar-refractivity contribution < 1.29 is 18.8 Å². The van der Waals surface area contributed by atoms with Crippen LogP contribution in [-0.2, 0) is 4.79 Å². The summed E-state index contributed by atoms with van der Waals surface area (Å²) in [5.74, 6) is -2.15. The van der Waals surface area contributed by atoms with Gasteiger partial charge >= 0.3 is 0 Å². The third-order valence-electron chi connectivity index (χ3n) is 3.45. The number of amides is 3. The Morgan fingerprint density at radius 1 is 1.04 bits per heavy atom. The Balaban J connectivity index is 2.03. The summed E-state index contributed by atoms with van der Waals surface area (Å²) in [4.78, 5) is 36.6. The van der Waals surface area contributed by atoms with Crippen LogP contribution in [0.25, 0.3) is 0 Å². The number of aryl methyl sites for hydroxylation is 1. The van der Waals surface area contributed by atoms with Gasteiger partial charge < -0.3 is 5.32 Å². The summed E-state index contributed by atoms with van der Waals surface area (Å²) in [6.45, 7) is 7.08. The third-order valence-corrected chi connectivity index (χ3v) is 4.60. The van der Waals surface area contributed by atoms with E-state index in [-0.39, 0.29) is 11.5 Å². The maximum absolute atomic E-state index is 13.6. The highest BCUT2D eigenvalue weighted by atomic mass is 32.1. The number of halogens is 1. The van der Waals surface area contributed by atoms with Crippen LogP contribution in [0.3, 0.4) is 0 Å². The highest BCUT2D eigenvalue weighted by Gasteiger charge is 2.23. The van der Waals surface area contributed by atoms with Gasteiger partial charge in [-0.3, -0.25) is 25.2 Å². The number of carbonyl (C=O) groups is 3. The van der Waals surface area contributed by atoms with Crippen LogP contribution in [0.5, 0.6) is 0 Å². The van der Waals surface area contributed by atoms with Gasteiger partial charge in [0, 0.05) is 5.41 Å². The molecule has 138 valence electrons. The zero-order valence-corrected chi connectivity index (χ0v) is 15.7. The molecule has 2 aromatic rings. The Hall–Kier alpha value is -2.74. The molecule has 0 aliphatic carbocycles. The number of benzene rings is 1. The van der Waals surface area contributed by atoms with Crippen molar-refractivity contribution in [3.8, 4) is 0 Å². The molecule has 1 aromatic carbocycles. The molecule has 0 saturated heterocycles. The molecule has 0 bridgehead atoms. The van der Waals surface area contributed by atoms with Crippen LogP contribution >= 0.6 is 11.3 Å². The normalized spacial score (nSPS) is 11.0. The molecule has 0 spiro atoms. The number of nitrogens with one attached hydrogen (secondary N) is 3. The Kier molecular flexibility index (Phi) is 5.76. The zero-order chi connectivity index (χ0) is 19.5. The van der Waals surface area contributed by atoms with Crippen molar-refractivity contribution in [1.29, 1.82) is 0 Å². The van der Waals surface area contributed by atoms with E-state index < -0.39 is 23.0 Å². The lowest BCUT2D eigenvalue weighted by molar-refractivity contribution is -0.123. The molecule has 1 aromatic heterocycles. The third kappa shape index (κ3) is 4.66. The zero-order valence-electron chi connectivity index (χ0n) is 14.9. The summed E-state index contributed by atoms with van der Waals surface area (Å²) in [6.07, 6.45) is 0. The van der Waals surface area contributed by atoms with E-state index in [2.05, 4.69) is 16.2 Å². The van der Waals surface area contributed by atoms with Crippen LogP contribution in [0.1, 0.15) is 46.4 Å². The average Bonchev–Trinajstić information content (AvgIpc) is 2.92. The van der Waals surface area contributed by atoms with Gasteiger partial charge in [0.25, 0.3) is 11.8 Å².